The molecule has 7 nitrogen and oxygen atoms in total. The van der Waals surface area contributed by atoms with Crippen LogP contribution in [0, 0.1) is 17.8 Å². The topological polar surface area (TPSA) is 75.6 Å². The molecule has 7 rings (SSSR count). The third-order valence-corrected chi connectivity index (χ3v) is 8.02. The van der Waals surface area contributed by atoms with Gasteiger partial charge in [-0.15, -0.1) is 0 Å². The molecule has 0 radical (unpaired) electrons. The van der Waals surface area contributed by atoms with Crippen molar-refractivity contribution in [3.05, 3.63) is 34.9 Å². The summed E-state index contributed by atoms with van der Waals surface area (Å²) in [5, 5.41) is 4.96. The normalized spacial score (nSPS) is 46.6. The van der Waals surface area contributed by atoms with Crippen LogP contribution in [0.5, 0.6) is 0 Å². The van der Waals surface area contributed by atoms with Crippen LogP contribution < -0.4 is 0 Å². The number of oxime groups is 1. The van der Waals surface area contributed by atoms with Gasteiger partial charge < -0.3 is 14.3 Å². The van der Waals surface area contributed by atoms with Crippen molar-refractivity contribution in [3.63, 3.8) is 0 Å². The molecule has 1 saturated carbocycles. The zero-order valence-electron chi connectivity index (χ0n) is 16.9. The SMILES string of the molecule is C[C@@H]1CC[C@@H]2[C@]34OO[C@](C)(CC[C@@H]13)O[C@H]4OC(=O)[C@@]21CC(c2ccc(Cl)cc2)=NO1. The standard InChI is InChI=1S/C22H24ClNO6/c1-12-3-8-17-21(11-16(24-28-21)13-4-6-14(23)7-5-13)18(25)26-19-22(17)15(12)9-10-20(2,27-19)29-30-22/h4-7,12,15,17,19H,3,8-11H2,1-2H3/t12-,15+,17+,19-,20-,21-,22-/m1/s1. The van der Waals surface area contributed by atoms with Gasteiger partial charge in [-0.05, 0) is 49.8 Å². The van der Waals surface area contributed by atoms with Crippen LogP contribution in [0.4, 0.5) is 0 Å². The highest BCUT2D eigenvalue weighted by Gasteiger charge is 2.77. The quantitative estimate of drug-likeness (QED) is 0.492. The number of rotatable bonds is 1. The predicted octanol–water partition coefficient (Wildman–Crippen LogP) is 3.98. The van der Waals surface area contributed by atoms with E-state index in [-0.39, 0.29) is 11.8 Å². The van der Waals surface area contributed by atoms with Crippen molar-refractivity contribution in [2.45, 2.75) is 69.2 Å². The van der Waals surface area contributed by atoms with Crippen LogP contribution >= 0.6 is 11.6 Å². The fourth-order valence-corrected chi connectivity index (χ4v) is 6.31. The number of fused-ring (bicyclic) bond motifs is 3. The first-order valence-electron chi connectivity index (χ1n) is 10.6. The third-order valence-electron chi connectivity index (χ3n) is 7.77. The van der Waals surface area contributed by atoms with Gasteiger partial charge >= 0.3 is 5.97 Å². The van der Waals surface area contributed by atoms with Crippen LogP contribution in [-0.2, 0) is 28.9 Å². The van der Waals surface area contributed by atoms with Crippen LogP contribution in [0.2, 0.25) is 5.02 Å². The van der Waals surface area contributed by atoms with Gasteiger partial charge in [-0.1, -0.05) is 35.8 Å². The molecule has 7 atom stereocenters. The van der Waals surface area contributed by atoms with Crippen LogP contribution in [0.3, 0.4) is 0 Å². The molecule has 0 N–H and O–H groups in total. The minimum absolute atomic E-state index is 0.138. The maximum Gasteiger partial charge on any atom is 0.356 e. The summed E-state index contributed by atoms with van der Waals surface area (Å²) in [5.41, 5.74) is -0.569. The highest BCUT2D eigenvalue weighted by Crippen LogP contribution is 2.62. The van der Waals surface area contributed by atoms with Crippen molar-refractivity contribution in [2.24, 2.45) is 22.9 Å². The Hall–Kier alpha value is -1.67. The summed E-state index contributed by atoms with van der Waals surface area (Å²) in [6.07, 6.45) is 2.79. The average Bonchev–Trinajstić information content (AvgIpc) is 3.04. The lowest BCUT2D eigenvalue weighted by molar-refractivity contribution is -0.563. The van der Waals surface area contributed by atoms with Crippen molar-refractivity contribution in [1.82, 2.24) is 0 Å². The molecular formula is C22H24ClNO6. The number of esters is 1. The summed E-state index contributed by atoms with van der Waals surface area (Å²) in [5.74, 6) is -1.11. The summed E-state index contributed by atoms with van der Waals surface area (Å²) in [7, 11) is 0. The average molecular weight is 434 g/mol. The van der Waals surface area contributed by atoms with E-state index < -0.39 is 29.2 Å². The number of ether oxygens (including phenoxy) is 2. The van der Waals surface area contributed by atoms with Crippen LogP contribution in [-0.4, -0.2) is 35.0 Å². The van der Waals surface area contributed by atoms with E-state index in [1.54, 1.807) is 12.1 Å². The molecule has 0 unspecified atom stereocenters. The molecule has 160 valence electrons. The van der Waals surface area contributed by atoms with E-state index in [9.17, 15) is 4.79 Å². The van der Waals surface area contributed by atoms with E-state index in [2.05, 4.69) is 12.1 Å². The van der Waals surface area contributed by atoms with Crippen LogP contribution in [0.1, 0.15) is 51.5 Å². The maximum absolute atomic E-state index is 13.4. The zero-order chi connectivity index (χ0) is 20.7. The molecule has 6 aliphatic rings. The highest BCUT2D eigenvalue weighted by atomic mass is 35.5. The number of hydrogen-bond donors (Lipinski definition) is 0. The molecular weight excluding hydrogens is 410 g/mol. The number of carbonyl (C=O) groups excluding carboxylic acids is 1. The summed E-state index contributed by atoms with van der Waals surface area (Å²) >= 11 is 6.02. The van der Waals surface area contributed by atoms with E-state index >= 15 is 0 Å². The van der Waals surface area contributed by atoms with Crippen molar-refractivity contribution in [1.29, 1.82) is 0 Å². The minimum Gasteiger partial charge on any atom is -0.429 e. The fraction of sp³-hybridized carbons (Fsp3) is 0.636. The van der Waals surface area contributed by atoms with E-state index in [0.29, 0.717) is 29.5 Å². The molecule has 30 heavy (non-hydrogen) atoms. The third kappa shape index (κ3) is 2.38. The van der Waals surface area contributed by atoms with Gasteiger partial charge in [0.25, 0.3) is 0 Å². The number of halogens is 1. The molecule has 2 bridgehead atoms. The Morgan fingerprint density at radius 3 is 2.73 bits per heavy atom. The summed E-state index contributed by atoms with van der Waals surface area (Å²) in [6.45, 7) is 4.06. The lowest BCUT2D eigenvalue weighted by atomic mass is 9.56. The Morgan fingerprint density at radius 2 is 1.93 bits per heavy atom. The monoisotopic (exact) mass is 433 g/mol. The highest BCUT2D eigenvalue weighted by molar-refractivity contribution is 6.30. The molecule has 5 fully saturated rings. The zero-order valence-corrected chi connectivity index (χ0v) is 17.7. The molecule has 0 aromatic heterocycles. The Labute approximate surface area is 179 Å². The molecule has 8 heteroatoms. The van der Waals surface area contributed by atoms with Crippen molar-refractivity contribution in [3.8, 4) is 0 Å². The van der Waals surface area contributed by atoms with Crippen molar-refractivity contribution in [2.75, 3.05) is 0 Å². The minimum atomic E-state index is -1.24. The maximum atomic E-state index is 13.4. The molecule has 2 spiro atoms. The number of benzene rings is 1. The largest absolute Gasteiger partial charge is 0.429 e. The smallest absolute Gasteiger partial charge is 0.356 e. The molecule has 1 aromatic rings. The fourth-order valence-electron chi connectivity index (χ4n) is 6.18. The second-order valence-corrected chi connectivity index (χ2v) is 9.90. The lowest BCUT2D eigenvalue weighted by Gasteiger charge is -2.59. The van der Waals surface area contributed by atoms with Gasteiger partial charge in [-0.2, -0.15) is 0 Å². The van der Waals surface area contributed by atoms with Gasteiger partial charge in [0.15, 0.2) is 5.60 Å². The molecule has 5 aliphatic heterocycles. The van der Waals surface area contributed by atoms with Crippen molar-refractivity contribution < 1.29 is 28.9 Å². The molecule has 5 heterocycles. The number of nitrogens with zero attached hydrogens (tertiary/aromatic N) is 1. The van der Waals surface area contributed by atoms with Gasteiger partial charge in [-0.25, -0.2) is 14.6 Å². The van der Waals surface area contributed by atoms with Crippen LogP contribution in [0.15, 0.2) is 29.4 Å². The first-order valence-corrected chi connectivity index (χ1v) is 11.0. The molecule has 1 aliphatic carbocycles. The van der Waals surface area contributed by atoms with E-state index in [4.69, 9.17) is 35.7 Å². The van der Waals surface area contributed by atoms with Crippen LogP contribution in [0.25, 0.3) is 0 Å². The summed E-state index contributed by atoms with van der Waals surface area (Å²) in [4.78, 5) is 31.3. The molecule has 0 amide bonds. The van der Waals surface area contributed by atoms with E-state index in [0.717, 1.165) is 24.8 Å². The predicted molar refractivity (Wildman–Crippen MR) is 105 cm³/mol. The molecule has 4 saturated heterocycles. The van der Waals surface area contributed by atoms with Gasteiger partial charge in [-0.3, -0.25) is 0 Å². The first-order chi connectivity index (χ1) is 14.4. The summed E-state index contributed by atoms with van der Waals surface area (Å²) in [6, 6.07) is 7.36. The van der Waals surface area contributed by atoms with Gasteiger partial charge in [0.05, 0.1) is 11.6 Å². The first kappa shape index (κ1) is 19.0. The summed E-state index contributed by atoms with van der Waals surface area (Å²) < 4.78 is 12.1. The number of carbonyl (C=O) groups is 1. The van der Waals surface area contributed by atoms with E-state index in [1.165, 1.54) is 0 Å². The Balaban J connectivity index is 1.41. The Morgan fingerprint density at radius 1 is 1.13 bits per heavy atom. The lowest BCUT2D eigenvalue weighted by Crippen LogP contribution is -2.75. The second kappa shape index (κ2) is 6.19. The number of hydrogen-bond acceptors (Lipinski definition) is 7. The van der Waals surface area contributed by atoms with E-state index in [1.807, 2.05) is 19.1 Å². The van der Waals surface area contributed by atoms with Gasteiger partial charge in [0, 0.05) is 23.8 Å². The van der Waals surface area contributed by atoms with Gasteiger partial charge in [0.1, 0.15) is 0 Å². The molecule has 1 aromatic carbocycles. The Kier molecular flexibility index (Phi) is 3.93. The van der Waals surface area contributed by atoms with Gasteiger partial charge in [0.2, 0.25) is 17.7 Å². The second-order valence-electron chi connectivity index (χ2n) is 9.46. The van der Waals surface area contributed by atoms with Crippen molar-refractivity contribution >= 4 is 23.3 Å². The Bertz CT molecular complexity index is 936.